The zero-order valence-electron chi connectivity index (χ0n) is 17.2. The van der Waals surface area contributed by atoms with E-state index in [1.165, 1.54) is 15.3 Å². The first-order chi connectivity index (χ1) is 13.4. The number of anilines is 1. The molecule has 1 aromatic carbocycles. The van der Waals surface area contributed by atoms with Crippen molar-refractivity contribution >= 4 is 34.3 Å². The Labute approximate surface area is 175 Å². The SMILES string of the molecule is CCc1ccc(-c2csc(C[NH+](C)CC(=O)Nc3c(C)cc(C)cc3C)n2)s1. The second-order valence-electron chi connectivity index (χ2n) is 7.38. The predicted octanol–water partition coefficient (Wildman–Crippen LogP) is 4.01. The smallest absolute Gasteiger partial charge is 0.279 e. The molecule has 4 nitrogen and oxygen atoms in total. The predicted molar refractivity (Wildman–Crippen MR) is 120 cm³/mol. The lowest BCUT2D eigenvalue weighted by atomic mass is 10.1. The highest BCUT2D eigenvalue weighted by atomic mass is 32.1. The van der Waals surface area contributed by atoms with E-state index in [-0.39, 0.29) is 5.91 Å². The van der Waals surface area contributed by atoms with Crippen LogP contribution < -0.4 is 10.2 Å². The maximum atomic E-state index is 12.5. The third-order valence-electron chi connectivity index (χ3n) is 4.67. The number of likely N-dealkylation sites (N-methyl/N-ethyl adjacent to an activating group) is 1. The lowest BCUT2D eigenvalue weighted by Gasteiger charge is -2.15. The van der Waals surface area contributed by atoms with Gasteiger partial charge in [0.15, 0.2) is 6.54 Å². The zero-order chi connectivity index (χ0) is 20.3. The molecule has 1 atom stereocenters. The van der Waals surface area contributed by atoms with Crippen LogP contribution in [-0.2, 0) is 17.8 Å². The molecular weight excluding hydrogens is 386 g/mol. The number of carbonyl (C=O) groups excluding carboxylic acids is 1. The number of thiophene rings is 1. The van der Waals surface area contributed by atoms with Crippen LogP contribution in [0.5, 0.6) is 0 Å². The van der Waals surface area contributed by atoms with Crippen LogP contribution >= 0.6 is 22.7 Å². The standard InChI is InChI=1S/C22H27N3OS2/c1-6-17-7-8-19(28-17)18-13-27-21(23-18)12-25(5)11-20(26)24-22-15(3)9-14(2)10-16(22)4/h7-10,13H,6,11-12H2,1-5H3,(H,24,26)/p+1. The van der Waals surface area contributed by atoms with Crippen molar-refractivity contribution in [3.05, 3.63) is 56.2 Å². The van der Waals surface area contributed by atoms with E-state index in [0.717, 1.165) is 45.4 Å². The molecule has 0 saturated carbocycles. The Balaban J connectivity index is 1.58. The average molecular weight is 415 g/mol. The fraction of sp³-hybridized carbons (Fsp3) is 0.364. The molecule has 2 N–H and O–H groups in total. The van der Waals surface area contributed by atoms with E-state index in [4.69, 9.17) is 4.98 Å². The molecule has 0 spiro atoms. The molecule has 0 radical (unpaired) electrons. The summed E-state index contributed by atoms with van der Waals surface area (Å²) in [6.45, 7) is 9.49. The van der Waals surface area contributed by atoms with Crippen LogP contribution in [0.15, 0.2) is 29.6 Å². The summed E-state index contributed by atoms with van der Waals surface area (Å²) in [6.07, 6.45) is 1.06. The lowest BCUT2D eigenvalue weighted by molar-refractivity contribution is -0.885. The molecule has 2 heterocycles. The highest BCUT2D eigenvalue weighted by Crippen LogP contribution is 2.29. The molecule has 0 aliphatic rings. The third kappa shape index (κ3) is 5.07. The molecule has 0 bridgehead atoms. The fourth-order valence-corrected chi connectivity index (χ4v) is 5.26. The molecule has 2 aromatic heterocycles. The molecule has 0 saturated heterocycles. The van der Waals surface area contributed by atoms with Crippen LogP contribution in [0.3, 0.4) is 0 Å². The third-order valence-corrected chi connectivity index (χ3v) is 6.77. The summed E-state index contributed by atoms with van der Waals surface area (Å²) in [5.74, 6) is 0.0372. The summed E-state index contributed by atoms with van der Waals surface area (Å²) in [7, 11) is 2.04. The first-order valence-electron chi connectivity index (χ1n) is 9.58. The van der Waals surface area contributed by atoms with Gasteiger partial charge in [-0.1, -0.05) is 24.6 Å². The van der Waals surface area contributed by atoms with Crippen LogP contribution in [0.4, 0.5) is 5.69 Å². The minimum absolute atomic E-state index is 0.0372. The topological polar surface area (TPSA) is 46.4 Å². The van der Waals surface area contributed by atoms with Crippen LogP contribution in [0.2, 0.25) is 0 Å². The minimum atomic E-state index is 0.0372. The Morgan fingerprint density at radius 2 is 1.89 bits per heavy atom. The average Bonchev–Trinajstić information content (AvgIpc) is 3.26. The van der Waals surface area contributed by atoms with Crippen LogP contribution in [-0.4, -0.2) is 24.5 Å². The van der Waals surface area contributed by atoms with E-state index in [1.54, 1.807) is 22.7 Å². The van der Waals surface area contributed by atoms with Crippen molar-refractivity contribution in [1.29, 1.82) is 0 Å². The number of hydrogen-bond acceptors (Lipinski definition) is 4. The molecule has 3 aromatic rings. The lowest BCUT2D eigenvalue weighted by Crippen LogP contribution is -3.08. The number of aromatic nitrogens is 1. The van der Waals surface area contributed by atoms with E-state index < -0.39 is 0 Å². The summed E-state index contributed by atoms with van der Waals surface area (Å²) >= 11 is 3.48. The number of nitrogens with zero attached hydrogens (tertiary/aromatic N) is 1. The monoisotopic (exact) mass is 414 g/mol. The second kappa shape index (κ2) is 8.99. The molecule has 148 valence electrons. The highest BCUT2D eigenvalue weighted by Gasteiger charge is 2.16. The molecule has 0 aliphatic carbocycles. The number of rotatable bonds is 7. The molecule has 6 heteroatoms. The van der Waals surface area contributed by atoms with Crippen molar-refractivity contribution in [3.63, 3.8) is 0 Å². The molecule has 1 amide bonds. The highest BCUT2D eigenvalue weighted by molar-refractivity contribution is 7.16. The molecule has 0 fully saturated rings. The number of carbonyl (C=O) groups is 1. The van der Waals surface area contributed by atoms with Gasteiger partial charge in [0, 0.05) is 15.9 Å². The number of quaternary nitrogens is 1. The molecule has 1 unspecified atom stereocenters. The second-order valence-corrected chi connectivity index (χ2v) is 9.49. The Morgan fingerprint density at radius 3 is 2.54 bits per heavy atom. The van der Waals surface area contributed by atoms with E-state index in [2.05, 4.69) is 48.8 Å². The Bertz CT molecular complexity index is 951. The number of aryl methyl sites for hydroxylation is 4. The van der Waals surface area contributed by atoms with Crippen molar-refractivity contribution in [2.24, 2.45) is 0 Å². The van der Waals surface area contributed by atoms with Crippen molar-refractivity contribution in [1.82, 2.24) is 4.98 Å². The zero-order valence-corrected chi connectivity index (χ0v) is 18.8. The first kappa shape index (κ1) is 20.7. The maximum Gasteiger partial charge on any atom is 0.279 e. The number of amides is 1. The molecular formula is C22H28N3OS2+. The van der Waals surface area contributed by atoms with Gasteiger partial charge in [0.1, 0.15) is 11.6 Å². The van der Waals surface area contributed by atoms with E-state index in [0.29, 0.717) is 6.54 Å². The summed E-state index contributed by atoms with van der Waals surface area (Å²) in [4.78, 5) is 21.0. The number of nitrogens with one attached hydrogen (secondary N) is 2. The van der Waals surface area contributed by atoms with E-state index in [9.17, 15) is 4.79 Å². The van der Waals surface area contributed by atoms with Crippen molar-refractivity contribution in [2.75, 3.05) is 18.9 Å². The van der Waals surface area contributed by atoms with Gasteiger partial charge < -0.3 is 10.2 Å². The maximum absolute atomic E-state index is 12.5. The fourth-order valence-electron chi connectivity index (χ4n) is 3.37. The van der Waals surface area contributed by atoms with Gasteiger partial charge in [0.25, 0.3) is 5.91 Å². The van der Waals surface area contributed by atoms with Gasteiger partial charge in [-0.05, 0) is 50.5 Å². The van der Waals surface area contributed by atoms with E-state index >= 15 is 0 Å². The van der Waals surface area contributed by atoms with Crippen LogP contribution in [0.1, 0.15) is 33.5 Å². The van der Waals surface area contributed by atoms with Gasteiger partial charge >= 0.3 is 0 Å². The normalized spacial score (nSPS) is 12.2. The Morgan fingerprint density at radius 1 is 1.18 bits per heavy atom. The summed E-state index contributed by atoms with van der Waals surface area (Å²) in [5.41, 5.74) is 5.41. The van der Waals surface area contributed by atoms with Crippen molar-refractivity contribution in [3.8, 4) is 10.6 Å². The molecule has 28 heavy (non-hydrogen) atoms. The van der Waals surface area contributed by atoms with Crippen LogP contribution in [0, 0.1) is 20.8 Å². The van der Waals surface area contributed by atoms with E-state index in [1.807, 2.05) is 20.9 Å². The summed E-state index contributed by atoms with van der Waals surface area (Å²) in [5, 5.41) is 6.27. The number of hydrogen-bond donors (Lipinski definition) is 2. The van der Waals surface area contributed by atoms with Gasteiger partial charge in [0.2, 0.25) is 0 Å². The number of thiazole rings is 1. The summed E-state index contributed by atoms with van der Waals surface area (Å²) in [6, 6.07) is 8.53. The number of benzene rings is 1. The quantitative estimate of drug-likeness (QED) is 0.614. The largest absolute Gasteiger partial charge is 0.324 e. The minimum Gasteiger partial charge on any atom is -0.324 e. The Hall–Kier alpha value is -2.02. The van der Waals surface area contributed by atoms with Gasteiger partial charge in [-0.2, -0.15) is 0 Å². The van der Waals surface area contributed by atoms with Crippen molar-refractivity contribution < 1.29 is 9.69 Å². The van der Waals surface area contributed by atoms with Gasteiger partial charge in [-0.25, -0.2) is 4.98 Å². The first-order valence-corrected chi connectivity index (χ1v) is 11.3. The van der Waals surface area contributed by atoms with Gasteiger partial charge in [-0.3, -0.25) is 4.79 Å². The van der Waals surface area contributed by atoms with Gasteiger partial charge in [0.05, 0.1) is 17.6 Å². The van der Waals surface area contributed by atoms with Gasteiger partial charge in [-0.15, -0.1) is 22.7 Å². The van der Waals surface area contributed by atoms with Crippen molar-refractivity contribution in [2.45, 2.75) is 40.7 Å². The Kier molecular flexibility index (Phi) is 6.65. The molecule has 3 rings (SSSR count). The summed E-state index contributed by atoms with van der Waals surface area (Å²) < 4.78 is 0. The molecule has 0 aliphatic heterocycles. The van der Waals surface area contributed by atoms with Crippen LogP contribution in [0.25, 0.3) is 10.6 Å².